The number of nitrogens with zero attached hydrogens (tertiary/aromatic N) is 3. The van der Waals surface area contributed by atoms with E-state index in [1.807, 2.05) is 0 Å². The fourth-order valence-corrected chi connectivity index (χ4v) is 1.85. The molecule has 0 spiro atoms. The van der Waals surface area contributed by atoms with E-state index in [0.717, 1.165) is 12.1 Å². The molecule has 2 rings (SSSR count). The van der Waals surface area contributed by atoms with Gasteiger partial charge in [0.2, 0.25) is 0 Å². The summed E-state index contributed by atoms with van der Waals surface area (Å²) in [7, 11) is 0. The zero-order valence-corrected chi connectivity index (χ0v) is 11.3. The highest BCUT2D eigenvalue weighted by Gasteiger charge is 2.21. The predicted octanol–water partition coefficient (Wildman–Crippen LogP) is 1.24. The molecule has 1 heterocycles. The van der Waals surface area contributed by atoms with E-state index in [1.54, 1.807) is 6.92 Å². The molecule has 0 amide bonds. The Bertz CT molecular complexity index is 637. The van der Waals surface area contributed by atoms with Crippen LogP contribution in [0.1, 0.15) is 28.7 Å². The Morgan fingerprint density at radius 2 is 2.05 bits per heavy atom. The Hall–Kier alpha value is -2.35. The summed E-state index contributed by atoms with van der Waals surface area (Å²) >= 11 is 0. The van der Waals surface area contributed by atoms with Gasteiger partial charge in [-0.05, 0) is 19.1 Å². The van der Waals surface area contributed by atoms with E-state index in [0.29, 0.717) is 0 Å². The van der Waals surface area contributed by atoms with Gasteiger partial charge in [0, 0.05) is 12.1 Å². The van der Waals surface area contributed by atoms with E-state index in [-0.39, 0.29) is 36.6 Å². The number of rotatable bonds is 5. The number of nitrogens with two attached hydrogens (primary N) is 1. The molecule has 0 aliphatic heterocycles. The quantitative estimate of drug-likeness (QED) is 0.839. The molecule has 0 fully saturated rings. The van der Waals surface area contributed by atoms with Crippen LogP contribution in [0.25, 0.3) is 0 Å². The van der Waals surface area contributed by atoms with Crippen molar-refractivity contribution in [3.05, 3.63) is 46.8 Å². The molecule has 21 heavy (non-hydrogen) atoms. The molecular weight excluding hydrogens is 282 g/mol. The molecule has 0 saturated heterocycles. The SMILES string of the molecule is CCOC(=O)c1nnn(Cc2c(F)cccc2F)c1CN. The van der Waals surface area contributed by atoms with Crippen LogP contribution in [0.3, 0.4) is 0 Å². The van der Waals surface area contributed by atoms with Crippen LogP contribution < -0.4 is 5.73 Å². The van der Waals surface area contributed by atoms with E-state index < -0.39 is 17.6 Å². The first-order valence-electron chi connectivity index (χ1n) is 6.30. The second-order valence-electron chi connectivity index (χ2n) is 4.17. The number of aromatic nitrogens is 3. The smallest absolute Gasteiger partial charge is 0.360 e. The molecule has 0 aliphatic carbocycles. The normalized spacial score (nSPS) is 10.7. The summed E-state index contributed by atoms with van der Waals surface area (Å²) in [6.45, 7) is 1.56. The maximum absolute atomic E-state index is 13.6. The molecule has 2 aromatic rings. The third-order valence-electron chi connectivity index (χ3n) is 2.87. The fraction of sp³-hybridized carbons (Fsp3) is 0.308. The number of carbonyl (C=O) groups is 1. The largest absolute Gasteiger partial charge is 0.461 e. The van der Waals surface area contributed by atoms with E-state index in [2.05, 4.69) is 10.3 Å². The van der Waals surface area contributed by atoms with Crippen molar-refractivity contribution in [3.63, 3.8) is 0 Å². The molecule has 0 unspecified atom stereocenters. The van der Waals surface area contributed by atoms with Crippen LogP contribution in [0.5, 0.6) is 0 Å². The summed E-state index contributed by atoms with van der Waals surface area (Å²) in [5.74, 6) is -2.07. The van der Waals surface area contributed by atoms with Gasteiger partial charge < -0.3 is 10.5 Å². The minimum Gasteiger partial charge on any atom is -0.461 e. The summed E-state index contributed by atoms with van der Waals surface area (Å²) < 4.78 is 33.3. The lowest BCUT2D eigenvalue weighted by Crippen LogP contribution is -2.15. The average molecular weight is 296 g/mol. The zero-order chi connectivity index (χ0) is 15.4. The Kier molecular flexibility index (Phi) is 4.59. The lowest BCUT2D eigenvalue weighted by Gasteiger charge is -2.08. The van der Waals surface area contributed by atoms with Crippen molar-refractivity contribution in [2.45, 2.75) is 20.0 Å². The Morgan fingerprint density at radius 1 is 1.38 bits per heavy atom. The van der Waals surface area contributed by atoms with E-state index >= 15 is 0 Å². The topological polar surface area (TPSA) is 83.0 Å². The highest BCUT2D eigenvalue weighted by Crippen LogP contribution is 2.15. The van der Waals surface area contributed by atoms with Crippen molar-refractivity contribution in [2.24, 2.45) is 5.73 Å². The molecule has 0 saturated carbocycles. The minimum absolute atomic E-state index is 0.0453. The first-order valence-corrected chi connectivity index (χ1v) is 6.30. The summed E-state index contributed by atoms with van der Waals surface area (Å²) in [4.78, 5) is 11.7. The molecule has 8 heteroatoms. The Labute approximate surface area is 119 Å². The van der Waals surface area contributed by atoms with E-state index in [1.165, 1.54) is 10.7 Å². The maximum Gasteiger partial charge on any atom is 0.360 e. The fourth-order valence-electron chi connectivity index (χ4n) is 1.85. The molecule has 2 N–H and O–H groups in total. The van der Waals surface area contributed by atoms with Crippen molar-refractivity contribution >= 4 is 5.97 Å². The first-order chi connectivity index (χ1) is 10.1. The van der Waals surface area contributed by atoms with E-state index in [4.69, 9.17) is 10.5 Å². The number of ether oxygens (including phenoxy) is 1. The van der Waals surface area contributed by atoms with Crippen molar-refractivity contribution in [1.29, 1.82) is 0 Å². The third-order valence-corrected chi connectivity index (χ3v) is 2.87. The highest BCUT2D eigenvalue weighted by molar-refractivity contribution is 5.88. The molecule has 0 aliphatic rings. The molecular formula is C13H14F2N4O2. The summed E-state index contributed by atoms with van der Waals surface area (Å²) in [6.07, 6.45) is 0. The van der Waals surface area contributed by atoms with Crippen molar-refractivity contribution in [3.8, 4) is 0 Å². The Balaban J connectivity index is 2.35. The van der Waals surface area contributed by atoms with Gasteiger partial charge in [-0.1, -0.05) is 11.3 Å². The first kappa shape index (κ1) is 15.0. The monoisotopic (exact) mass is 296 g/mol. The third kappa shape index (κ3) is 3.05. The molecule has 0 atom stereocenters. The van der Waals surface area contributed by atoms with Crippen LogP contribution in [-0.2, 0) is 17.8 Å². The van der Waals surface area contributed by atoms with Gasteiger partial charge in [0.05, 0.1) is 18.8 Å². The highest BCUT2D eigenvalue weighted by atomic mass is 19.1. The van der Waals surface area contributed by atoms with Gasteiger partial charge in [-0.15, -0.1) is 5.10 Å². The average Bonchev–Trinajstić information content (AvgIpc) is 2.86. The van der Waals surface area contributed by atoms with Gasteiger partial charge in [0.1, 0.15) is 11.6 Å². The van der Waals surface area contributed by atoms with Crippen LogP contribution in [-0.4, -0.2) is 27.6 Å². The molecule has 112 valence electrons. The molecule has 0 bridgehead atoms. The predicted molar refractivity (Wildman–Crippen MR) is 69.3 cm³/mol. The summed E-state index contributed by atoms with van der Waals surface area (Å²) in [5.41, 5.74) is 5.60. The lowest BCUT2D eigenvalue weighted by atomic mass is 10.2. The van der Waals surface area contributed by atoms with E-state index in [9.17, 15) is 13.6 Å². The van der Waals surface area contributed by atoms with Crippen molar-refractivity contribution in [1.82, 2.24) is 15.0 Å². The zero-order valence-electron chi connectivity index (χ0n) is 11.3. The molecule has 1 aromatic heterocycles. The number of carbonyl (C=O) groups excluding carboxylic acids is 1. The van der Waals surface area contributed by atoms with Crippen LogP contribution in [0, 0.1) is 11.6 Å². The number of hydrogen-bond acceptors (Lipinski definition) is 5. The lowest BCUT2D eigenvalue weighted by molar-refractivity contribution is 0.0518. The van der Waals surface area contributed by atoms with Gasteiger partial charge >= 0.3 is 5.97 Å². The number of halogens is 2. The minimum atomic E-state index is -0.703. The summed E-state index contributed by atoms with van der Waals surface area (Å²) in [5, 5.41) is 7.39. The second-order valence-corrected chi connectivity index (χ2v) is 4.17. The molecule has 6 nitrogen and oxygen atoms in total. The second kappa shape index (κ2) is 6.40. The van der Waals surface area contributed by atoms with Gasteiger partial charge in [-0.25, -0.2) is 18.3 Å². The van der Waals surface area contributed by atoms with Gasteiger partial charge in [-0.2, -0.15) is 0 Å². The van der Waals surface area contributed by atoms with Gasteiger partial charge in [0.25, 0.3) is 0 Å². The number of hydrogen-bond donors (Lipinski definition) is 1. The van der Waals surface area contributed by atoms with Crippen LogP contribution in [0.15, 0.2) is 18.2 Å². The maximum atomic E-state index is 13.6. The molecule has 0 radical (unpaired) electrons. The van der Waals surface area contributed by atoms with Gasteiger partial charge in [0.15, 0.2) is 5.69 Å². The van der Waals surface area contributed by atoms with Crippen LogP contribution in [0.2, 0.25) is 0 Å². The van der Waals surface area contributed by atoms with Gasteiger partial charge in [-0.3, -0.25) is 0 Å². The summed E-state index contributed by atoms with van der Waals surface area (Å²) in [6, 6.07) is 3.55. The van der Waals surface area contributed by atoms with Crippen LogP contribution in [0.4, 0.5) is 8.78 Å². The molecule has 1 aromatic carbocycles. The number of esters is 1. The van der Waals surface area contributed by atoms with Crippen molar-refractivity contribution < 1.29 is 18.3 Å². The van der Waals surface area contributed by atoms with Crippen LogP contribution >= 0.6 is 0 Å². The Morgan fingerprint density at radius 3 is 2.62 bits per heavy atom. The standard InChI is InChI=1S/C13H14F2N4O2/c1-2-21-13(20)12-11(6-16)19(18-17-12)7-8-9(14)4-3-5-10(8)15/h3-5H,2,6-7,16H2,1H3. The number of benzene rings is 1. The van der Waals surface area contributed by atoms with Crippen molar-refractivity contribution in [2.75, 3.05) is 6.61 Å².